The topological polar surface area (TPSA) is 69.6 Å². The van der Waals surface area contributed by atoms with Crippen molar-refractivity contribution in [3.8, 4) is 62.4 Å². The fourth-order valence-electron chi connectivity index (χ4n) is 9.27. The molecule has 0 saturated carbocycles. The highest BCUT2D eigenvalue weighted by Gasteiger charge is 2.37. The summed E-state index contributed by atoms with van der Waals surface area (Å²) in [7, 11) is 0. The Labute approximate surface area is 340 Å². The molecule has 11 aromatic rings. The van der Waals surface area contributed by atoms with Crippen LogP contribution >= 0.6 is 0 Å². The number of para-hydroxylation sites is 2. The molecule has 3 heterocycles. The SMILES string of the molecule is CC1(C)c2ccccc2-c2c1ccc1cc(-c3nc(-c4ccccc4)nc(-c4cccc(-n5c6ccccc6c6ccccc65)c4)n3)c3nc(-c4ccccc4)oc3c21. The van der Waals surface area contributed by atoms with Crippen molar-refractivity contribution >= 4 is 43.7 Å². The summed E-state index contributed by atoms with van der Waals surface area (Å²) in [4.78, 5) is 20.9. The zero-order chi connectivity index (χ0) is 39.2. The molecule has 0 aliphatic heterocycles. The predicted octanol–water partition coefficient (Wildman–Crippen LogP) is 13.2. The molecule has 8 aromatic carbocycles. The molecule has 3 aromatic heterocycles. The lowest BCUT2D eigenvalue weighted by atomic mass is 9.82. The minimum Gasteiger partial charge on any atom is -0.435 e. The molecule has 278 valence electrons. The van der Waals surface area contributed by atoms with E-state index in [1.165, 1.54) is 33.0 Å². The van der Waals surface area contributed by atoms with Crippen LogP contribution in [0, 0.1) is 0 Å². The fraction of sp³-hybridized carbons (Fsp3) is 0.0566. The molecule has 0 radical (unpaired) electrons. The lowest BCUT2D eigenvalue weighted by Crippen LogP contribution is -2.14. The first-order valence-corrected chi connectivity index (χ1v) is 20.0. The third-order valence-electron chi connectivity index (χ3n) is 12.1. The molecule has 1 aliphatic rings. The number of hydrogen-bond donors (Lipinski definition) is 0. The fourth-order valence-corrected chi connectivity index (χ4v) is 9.27. The number of rotatable bonds is 5. The van der Waals surface area contributed by atoms with E-state index in [9.17, 15) is 0 Å². The van der Waals surface area contributed by atoms with Gasteiger partial charge in [0.25, 0.3) is 0 Å². The molecule has 0 saturated heterocycles. The minimum atomic E-state index is -0.172. The Balaban J connectivity index is 1.12. The van der Waals surface area contributed by atoms with E-state index in [-0.39, 0.29) is 5.41 Å². The minimum absolute atomic E-state index is 0.172. The molecular weight excluding hydrogens is 723 g/mol. The lowest BCUT2D eigenvalue weighted by molar-refractivity contribution is 0.623. The second-order valence-corrected chi connectivity index (χ2v) is 15.8. The average Bonchev–Trinajstić information content (AvgIpc) is 3.96. The Morgan fingerprint density at radius 2 is 1.08 bits per heavy atom. The zero-order valence-electron chi connectivity index (χ0n) is 32.4. The Bertz CT molecular complexity index is 3420. The summed E-state index contributed by atoms with van der Waals surface area (Å²) in [5.74, 6) is 2.23. The van der Waals surface area contributed by atoms with E-state index in [4.69, 9.17) is 24.4 Å². The smallest absolute Gasteiger partial charge is 0.227 e. The molecule has 0 spiro atoms. The van der Waals surface area contributed by atoms with Gasteiger partial charge in [-0.15, -0.1) is 0 Å². The molecule has 6 heteroatoms. The summed E-state index contributed by atoms with van der Waals surface area (Å²) in [6.45, 7) is 4.61. The monoisotopic (exact) mass is 757 g/mol. The molecule has 12 rings (SSSR count). The van der Waals surface area contributed by atoms with Gasteiger partial charge < -0.3 is 8.98 Å². The van der Waals surface area contributed by atoms with Gasteiger partial charge in [0.05, 0.1) is 11.0 Å². The molecule has 1 aliphatic carbocycles. The van der Waals surface area contributed by atoms with Crippen molar-refractivity contribution in [3.05, 3.63) is 187 Å². The van der Waals surface area contributed by atoms with E-state index in [2.05, 4.69) is 134 Å². The average molecular weight is 758 g/mol. The third kappa shape index (κ3) is 5.06. The molecule has 0 unspecified atom stereocenters. The van der Waals surface area contributed by atoms with Crippen LogP contribution < -0.4 is 0 Å². The van der Waals surface area contributed by atoms with Gasteiger partial charge in [-0.25, -0.2) is 19.9 Å². The summed E-state index contributed by atoms with van der Waals surface area (Å²) in [6, 6.07) is 61.2. The standard InChI is InChI=1S/C53H35N5O/c1-53(2)41-25-12-9-24-39(41)46-42(53)29-28-34-31-40(47-48(45(34)46)59-52(54-47)33-18-7-4-8-19-33)51-56-49(32-16-5-3-6-17-32)55-50(57-51)35-20-15-21-36(30-35)58-43-26-13-10-22-37(43)38-23-11-14-27-44(38)58/h3-31H,1-2H3. The summed E-state index contributed by atoms with van der Waals surface area (Å²) >= 11 is 0. The highest BCUT2D eigenvalue weighted by atomic mass is 16.3. The lowest BCUT2D eigenvalue weighted by Gasteiger charge is -2.21. The van der Waals surface area contributed by atoms with Crippen molar-refractivity contribution in [1.82, 2.24) is 24.5 Å². The number of oxazole rings is 1. The van der Waals surface area contributed by atoms with Crippen molar-refractivity contribution in [2.75, 3.05) is 0 Å². The summed E-state index contributed by atoms with van der Waals surface area (Å²) in [5, 5.41) is 4.50. The summed E-state index contributed by atoms with van der Waals surface area (Å²) < 4.78 is 9.23. The van der Waals surface area contributed by atoms with Gasteiger partial charge in [-0.3, -0.25) is 0 Å². The maximum Gasteiger partial charge on any atom is 0.227 e. The number of fused-ring (bicyclic) bond motifs is 10. The van der Waals surface area contributed by atoms with Crippen LogP contribution in [0.1, 0.15) is 25.0 Å². The Morgan fingerprint density at radius 1 is 0.475 bits per heavy atom. The van der Waals surface area contributed by atoms with E-state index >= 15 is 0 Å². The van der Waals surface area contributed by atoms with Crippen LogP contribution in [-0.4, -0.2) is 24.5 Å². The Hall–Kier alpha value is -7.70. The third-order valence-corrected chi connectivity index (χ3v) is 12.1. The number of hydrogen-bond acceptors (Lipinski definition) is 5. The van der Waals surface area contributed by atoms with Crippen molar-refractivity contribution in [3.63, 3.8) is 0 Å². The van der Waals surface area contributed by atoms with Gasteiger partial charge in [-0.1, -0.05) is 147 Å². The van der Waals surface area contributed by atoms with Crippen molar-refractivity contribution in [2.24, 2.45) is 0 Å². The molecule has 0 N–H and O–H groups in total. The molecular formula is C53H35N5O. The second-order valence-electron chi connectivity index (χ2n) is 15.8. The zero-order valence-corrected chi connectivity index (χ0v) is 32.4. The van der Waals surface area contributed by atoms with Gasteiger partial charge >= 0.3 is 0 Å². The molecule has 0 atom stereocenters. The van der Waals surface area contributed by atoms with Crippen LogP contribution in [0.2, 0.25) is 0 Å². The normalized spacial score (nSPS) is 13.1. The quantitative estimate of drug-likeness (QED) is 0.175. The maximum absolute atomic E-state index is 6.91. The molecule has 0 fully saturated rings. The van der Waals surface area contributed by atoms with Gasteiger partial charge in [-0.05, 0) is 70.1 Å². The van der Waals surface area contributed by atoms with E-state index in [1.54, 1.807) is 0 Å². The van der Waals surface area contributed by atoms with Crippen LogP contribution in [0.3, 0.4) is 0 Å². The number of aromatic nitrogens is 5. The summed E-state index contributed by atoms with van der Waals surface area (Å²) in [6.07, 6.45) is 0. The maximum atomic E-state index is 6.91. The van der Waals surface area contributed by atoms with Crippen LogP contribution in [-0.2, 0) is 5.41 Å². The van der Waals surface area contributed by atoms with Gasteiger partial charge in [-0.2, -0.15) is 0 Å². The van der Waals surface area contributed by atoms with Crippen molar-refractivity contribution < 1.29 is 4.42 Å². The number of benzene rings is 8. The highest BCUT2D eigenvalue weighted by Crippen LogP contribution is 2.53. The van der Waals surface area contributed by atoms with Gasteiger partial charge in [0, 0.05) is 49.5 Å². The molecule has 6 nitrogen and oxygen atoms in total. The highest BCUT2D eigenvalue weighted by molar-refractivity contribution is 6.17. The van der Waals surface area contributed by atoms with Gasteiger partial charge in [0.15, 0.2) is 23.1 Å². The van der Waals surface area contributed by atoms with Gasteiger partial charge in [0.2, 0.25) is 5.89 Å². The van der Waals surface area contributed by atoms with E-state index < -0.39 is 0 Å². The number of nitrogens with zero attached hydrogens (tertiary/aromatic N) is 5. The molecule has 0 bridgehead atoms. The van der Waals surface area contributed by atoms with Crippen molar-refractivity contribution in [1.29, 1.82) is 0 Å². The van der Waals surface area contributed by atoms with Crippen LogP contribution in [0.5, 0.6) is 0 Å². The van der Waals surface area contributed by atoms with Crippen molar-refractivity contribution in [2.45, 2.75) is 19.3 Å². The van der Waals surface area contributed by atoms with Crippen LogP contribution in [0.25, 0.3) is 106 Å². The summed E-state index contributed by atoms with van der Waals surface area (Å²) in [5.41, 5.74) is 13.0. The first kappa shape index (κ1) is 33.4. The molecule has 59 heavy (non-hydrogen) atoms. The van der Waals surface area contributed by atoms with E-state index in [0.29, 0.717) is 28.9 Å². The van der Waals surface area contributed by atoms with E-state index in [1.807, 2.05) is 60.7 Å². The van der Waals surface area contributed by atoms with E-state index in [0.717, 1.165) is 55.3 Å². The first-order valence-electron chi connectivity index (χ1n) is 20.0. The Morgan fingerprint density at radius 3 is 1.83 bits per heavy atom. The first-order chi connectivity index (χ1) is 29.0. The molecule has 0 amide bonds. The van der Waals surface area contributed by atoms with Crippen LogP contribution in [0.4, 0.5) is 0 Å². The predicted molar refractivity (Wildman–Crippen MR) is 239 cm³/mol. The largest absolute Gasteiger partial charge is 0.435 e. The second kappa shape index (κ2) is 12.7. The van der Waals surface area contributed by atoms with Crippen LogP contribution in [0.15, 0.2) is 180 Å². The Kier molecular flexibility index (Phi) is 7.17. The van der Waals surface area contributed by atoms with Gasteiger partial charge in [0.1, 0.15) is 5.52 Å².